The third-order valence-corrected chi connectivity index (χ3v) is 3.84. The minimum absolute atomic E-state index is 0.102. The van der Waals surface area contributed by atoms with Gasteiger partial charge in [0.05, 0.1) is 11.3 Å². The third-order valence-electron chi connectivity index (χ3n) is 3.84. The van der Waals surface area contributed by atoms with Gasteiger partial charge in [-0.1, -0.05) is 0 Å². The highest BCUT2D eigenvalue weighted by Gasteiger charge is 2.32. The molecule has 3 nitrogen and oxygen atoms in total. The maximum atomic E-state index is 14.0. The molecule has 1 saturated heterocycles. The van der Waals surface area contributed by atoms with Gasteiger partial charge in [0.2, 0.25) is 0 Å². The van der Waals surface area contributed by atoms with Gasteiger partial charge in [-0.15, -0.1) is 0 Å². The predicted octanol–water partition coefficient (Wildman–Crippen LogP) is 2.37. The van der Waals surface area contributed by atoms with Gasteiger partial charge < -0.3 is 4.90 Å². The SMILES string of the molecule is CN1CCN(c2ccc(C#N)c(F)c2F)CC1(C)C. The van der Waals surface area contributed by atoms with Gasteiger partial charge >= 0.3 is 0 Å². The monoisotopic (exact) mass is 265 g/mol. The lowest BCUT2D eigenvalue weighted by atomic mass is 9.99. The molecular weight excluding hydrogens is 248 g/mol. The normalized spacial score (nSPS) is 19.3. The highest BCUT2D eigenvalue weighted by Crippen LogP contribution is 2.28. The molecule has 0 spiro atoms. The molecule has 1 aliphatic heterocycles. The molecule has 19 heavy (non-hydrogen) atoms. The Morgan fingerprint density at radius 3 is 2.47 bits per heavy atom. The Bertz CT molecular complexity index is 534. The van der Waals surface area contributed by atoms with Gasteiger partial charge in [0.25, 0.3) is 0 Å². The molecule has 1 aromatic carbocycles. The first-order valence-corrected chi connectivity index (χ1v) is 6.21. The first-order valence-electron chi connectivity index (χ1n) is 6.21. The Morgan fingerprint density at radius 1 is 1.21 bits per heavy atom. The average molecular weight is 265 g/mol. The van der Waals surface area contributed by atoms with Gasteiger partial charge in [-0.25, -0.2) is 8.78 Å². The first-order chi connectivity index (χ1) is 8.86. The number of hydrogen-bond donors (Lipinski definition) is 0. The van der Waals surface area contributed by atoms with Gasteiger partial charge in [0.1, 0.15) is 6.07 Å². The van der Waals surface area contributed by atoms with E-state index in [0.717, 1.165) is 6.54 Å². The van der Waals surface area contributed by atoms with Crippen molar-refractivity contribution in [3.05, 3.63) is 29.3 Å². The number of halogens is 2. The summed E-state index contributed by atoms with van der Waals surface area (Å²) in [5.74, 6) is -1.99. The van der Waals surface area contributed by atoms with Crippen LogP contribution in [0.5, 0.6) is 0 Å². The standard InChI is InChI=1S/C14H17F2N3/c1-14(2)9-19(7-6-18(14)3)11-5-4-10(8-17)12(15)13(11)16/h4-5H,6-7,9H2,1-3H3. The Labute approximate surface area is 112 Å². The summed E-state index contributed by atoms with van der Waals surface area (Å²) in [6.07, 6.45) is 0. The third kappa shape index (κ3) is 2.41. The van der Waals surface area contributed by atoms with Crippen LogP contribution >= 0.6 is 0 Å². The minimum Gasteiger partial charge on any atom is -0.366 e. The van der Waals surface area contributed by atoms with Gasteiger partial charge in [-0.05, 0) is 33.0 Å². The van der Waals surface area contributed by atoms with Crippen LogP contribution in [0.1, 0.15) is 19.4 Å². The van der Waals surface area contributed by atoms with Crippen molar-refractivity contribution in [1.82, 2.24) is 4.90 Å². The molecule has 102 valence electrons. The van der Waals surface area contributed by atoms with Crippen molar-refractivity contribution >= 4 is 5.69 Å². The quantitative estimate of drug-likeness (QED) is 0.781. The summed E-state index contributed by atoms with van der Waals surface area (Å²) >= 11 is 0. The van der Waals surface area contributed by atoms with Crippen LogP contribution in [0.15, 0.2) is 12.1 Å². The lowest BCUT2D eigenvalue weighted by Crippen LogP contribution is -2.57. The number of likely N-dealkylation sites (N-methyl/N-ethyl adjacent to an activating group) is 1. The summed E-state index contributed by atoms with van der Waals surface area (Å²) in [5, 5.41) is 8.68. The van der Waals surface area contributed by atoms with E-state index in [1.165, 1.54) is 12.1 Å². The zero-order valence-electron chi connectivity index (χ0n) is 11.4. The van der Waals surface area contributed by atoms with Crippen molar-refractivity contribution in [3.63, 3.8) is 0 Å². The van der Waals surface area contributed by atoms with Crippen LogP contribution < -0.4 is 4.90 Å². The molecule has 0 N–H and O–H groups in total. The van der Waals surface area contributed by atoms with Crippen molar-refractivity contribution in [2.75, 3.05) is 31.6 Å². The second kappa shape index (κ2) is 4.78. The van der Waals surface area contributed by atoms with E-state index in [9.17, 15) is 8.78 Å². The van der Waals surface area contributed by atoms with Crippen LogP contribution in [-0.2, 0) is 0 Å². The molecule has 2 rings (SSSR count). The molecule has 0 radical (unpaired) electrons. The molecule has 0 amide bonds. The van der Waals surface area contributed by atoms with Crippen LogP contribution in [0.4, 0.5) is 14.5 Å². The van der Waals surface area contributed by atoms with E-state index >= 15 is 0 Å². The smallest absolute Gasteiger partial charge is 0.183 e. The van der Waals surface area contributed by atoms with Gasteiger partial charge in [-0.2, -0.15) is 5.26 Å². The maximum Gasteiger partial charge on any atom is 0.183 e. The summed E-state index contributed by atoms with van der Waals surface area (Å²) in [6.45, 7) is 6.18. The van der Waals surface area contributed by atoms with E-state index in [2.05, 4.69) is 18.7 Å². The molecule has 1 aromatic rings. The molecule has 1 fully saturated rings. The van der Waals surface area contributed by atoms with Crippen molar-refractivity contribution < 1.29 is 8.78 Å². The largest absolute Gasteiger partial charge is 0.366 e. The van der Waals surface area contributed by atoms with E-state index in [-0.39, 0.29) is 16.8 Å². The summed E-state index contributed by atoms with van der Waals surface area (Å²) in [6, 6.07) is 4.46. The van der Waals surface area contributed by atoms with E-state index in [1.807, 2.05) is 11.9 Å². The van der Waals surface area contributed by atoms with Crippen molar-refractivity contribution in [2.24, 2.45) is 0 Å². The number of anilines is 1. The highest BCUT2D eigenvalue weighted by atomic mass is 19.2. The summed E-state index contributed by atoms with van der Waals surface area (Å²) in [5.41, 5.74) is -0.123. The van der Waals surface area contributed by atoms with E-state index < -0.39 is 11.6 Å². The van der Waals surface area contributed by atoms with E-state index in [0.29, 0.717) is 13.1 Å². The number of nitrogens with zero attached hydrogens (tertiary/aromatic N) is 3. The number of piperazine rings is 1. The molecular formula is C14H17F2N3. The van der Waals surface area contributed by atoms with E-state index in [1.54, 1.807) is 6.07 Å². The molecule has 0 bridgehead atoms. The second-order valence-electron chi connectivity index (χ2n) is 5.53. The number of benzene rings is 1. The van der Waals surface area contributed by atoms with E-state index in [4.69, 9.17) is 5.26 Å². The zero-order chi connectivity index (χ0) is 14.2. The average Bonchev–Trinajstić information content (AvgIpc) is 2.36. The fourth-order valence-electron chi connectivity index (χ4n) is 2.32. The number of hydrogen-bond acceptors (Lipinski definition) is 3. The zero-order valence-corrected chi connectivity index (χ0v) is 11.4. The fraction of sp³-hybridized carbons (Fsp3) is 0.500. The lowest BCUT2D eigenvalue weighted by molar-refractivity contribution is 0.138. The first kappa shape index (κ1) is 13.8. The van der Waals surface area contributed by atoms with Gasteiger partial charge in [-0.3, -0.25) is 4.90 Å². The molecule has 0 atom stereocenters. The van der Waals surface area contributed by atoms with Gasteiger partial charge in [0.15, 0.2) is 11.6 Å². The molecule has 0 aromatic heterocycles. The highest BCUT2D eigenvalue weighted by molar-refractivity contribution is 5.52. The molecule has 1 heterocycles. The molecule has 0 saturated carbocycles. The molecule has 0 unspecified atom stereocenters. The van der Waals surface area contributed by atoms with Crippen LogP contribution in [0.25, 0.3) is 0 Å². The van der Waals surface area contributed by atoms with Crippen LogP contribution in [0.2, 0.25) is 0 Å². The Hall–Kier alpha value is -1.67. The fourth-order valence-corrected chi connectivity index (χ4v) is 2.32. The Balaban J connectivity index is 2.34. The second-order valence-corrected chi connectivity index (χ2v) is 5.53. The summed E-state index contributed by atoms with van der Waals surface area (Å²) < 4.78 is 27.7. The summed E-state index contributed by atoms with van der Waals surface area (Å²) in [4.78, 5) is 4.03. The maximum absolute atomic E-state index is 14.0. The van der Waals surface area contributed by atoms with Crippen molar-refractivity contribution in [3.8, 4) is 6.07 Å². The predicted molar refractivity (Wildman–Crippen MR) is 70.0 cm³/mol. The Kier molecular flexibility index (Phi) is 3.46. The Morgan fingerprint density at radius 2 is 1.89 bits per heavy atom. The molecule has 5 heteroatoms. The van der Waals surface area contributed by atoms with Crippen molar-refractivity contribution in [1.29, 1.82) is 5.26 Å². The number of nitriles is 1. The van der Waals surface area contributed by atoms with Crippen LogP contribution in [0, 0.1) is 23.0 Å². The minimum atomic E-state index is -1.06. The van der Waals surface area contributed by atoms with Crippen LogP contribution in [-0.4, -0.2) is 37.1 Å². The number of rotatable bonds is 1. The van der Waals surface area contributed by atoms with Crippen molar-refractivity contribution in [2.45, 2.75) is 19.4 Å². The summed E-state index contributed by atoms with van der Waals surface area (Å²) in [7, 11) is 2.02. The van der Waals surface area contributed by atoms with Crippen LogP contribution in [0.3, 0.4) is 0 Å². The molecule has 1 aliphatic rings. The lowest BCUT2D eigenvalue weighted by Gasteiger charge is -2.46. The van der Waals surface area contributed by atoms with Gasteiger partial charge in [0, 0.05) is 25.2 Å². The molecule has 0 aliphatic carbocycles. The topological polar surface area (TPSA) is 30.3 Å².